The van der Waals surface area contributed by atoms with Gasteiger partial charge in [-0.2, -0.15) is 0 Å². The van der Waals surface area contributed by atoms with Gasteiger partial charge in [-0.05, 0) is 82.3 Å². The van der Waals surface area contributed by atoms with Gasteiger partial charge in [0.1, 0.15) is 5.00 Å². The van der Waals surface area contributed by atoms with Crippen LogP contribution >= 0.6 is 34.4 Å². The molecule has 10 heteroatoms. The molecule has 0 bridgehead atoms. The summed E-state index contributed by atoms with van der Waals surface area (Å²) in [6.45, 7) is 8.96. The molecule has 0 spiro atoms. The minimum Gasteiger partial charge on any atom is -0.459 e. The third-order valence-corrected chi connectivity index (χ3v) is 10.3. The average Bonchev–Trinajstić information content (AvgIpc) is 3.57. The van der Waals surface area contributed by atoms with E-state index in [2.05, 4.69) is 39.3 Å². The molecule has 0 saturated heterocycles. The molecule has 0 fully saturated rings. The van der Waals surface area contributed by atoms with Crippen LogP contribution in [0.3, 0.4) is 0 Å². The van der Waals surface area contributed by atoms with Gasteiger partial charge in [-0.3, -0.25) is 4.79 Å². The molecule has 3 heterocycles. The van der Waals surface area contributed by atoms with Crippen molar-refractivity contribution in [1.29, 1.82) is 0 Å². The first-order chi connectivity index (χ1) is 18.4. The molecule has 2 aliphatic rings. The number of hydrogen-bond acceptors (Lipinski definition) is 8. The van der Waals surface area contributed by atoms with Crippen molar-refractivity contribution in [3.05, 3.63) is 31.8 Å². The highest BCUT2D eigenvalue weighted by molar-refractivity contribution is 7.99. The Bertz CT molecular complexity index is 1320. The highest BCUT2D eigenvalue weighted by atomic mass is 32.2. The number of rotatable bonds is 9. The summed E-state index contributed by atoms with van der Waals surface area (Å²) in [6, 6.07) is 0. The Balaban J connectivity index is 1.32. The maximum Gasteiger partial charge on any atom is 0.341 e. The summed E-state index contributed by atoms with van der Waals surface area (Å²) in [5, 5.41) is 15.7. The highest BCUT2D eigenvalue weighted by Gasteiger charge is 2.28. The molecule has 0 saturated carbocycles. The van der Waals surface area contributed by atoms with Crippen LogP contribution in [-0.4, -0.2) is 38.5 Å². The third kappa shape index (κ3) is 5.72. The summed E-state index contributed by atoms with van der Waals surface area (Å²) in [7, 11) is 0. The molecule has 3 aromatic rings. The van der Waals surface area contributed by atoms with Gasteiger partial charge in [-0.15, -0.1) is 32.9 Å². The summed E-state index contributed by atoms with van der Waals surface area (Å²) < 4.78 is 7.69. The average molecular weight is 573 g/mol. The number of amides is 1. The van der Waals surface area contributed by atoms with E-state index in [0.717, 1.165) is 74.0 Å². The van der Waals surface area contributed by atoms with Crippen LogP contribution in [0, 0.1) is 5.92 Å². The van der Waals surface area contributed by atoms with Crippen LogP contribution in [0.1, 0.15) is 84.6 Å². The van der Waals surface area contributed by atoms with Gasteiger partial charge in [0.05, 0.1) is 17.4 Å². The summed E-state index contributed by atoms with van der Waals surface area (Å²) in [4.78, 5) is 28.7. The number of thioether (sulfide) groups is 1. The molecule has 2 aliphatic carbocycles. The van der Waals surface area contributed by atoms with Crippen molar-refractivity contribution >= 4 is 51.3 Å². The molecule has 0 aromatic carbocycles. The molecule has 3 aromatic heterocycles. The first-order valence-electron chi connectivity index (χ1n) is 13.7. The summed E-state index contributed by atoms with van der Waals surface area (Å²) >= 11 is 4.76. The lowest BCUT2D eigenvalue weighted by atomic mass is 9.88. The predicted octanol–water partition coefficient (Wildman–Crippen LogP) is 6.78. The first kappa shape index (κ1) is 27.4. The van der Waals surface area contributed by atoms with Crippen molar-refractivity contribution in [3.8, 4) is 11.4 Å². The minimum atomic E-state index is -0.344. The van der Waals surface area contributed by atoms with Gasteiger partial charge in [0, 0.05) is 27.2 Å². The van der Waals surface area contributed by atoms with Crippen LogP contribution in [0.25, 0.3) is 11.4 Å². The second-order valence-electron chi connectivity index (χ2n) is 10.6. The highest BCUT2D eigenvalue weighted by Crippen LogP contribution is 2.40. The maximum atomic E-state index is 13.1. The zero-order valence-corrected chi connectivity index (χ0v) is 25.0. The number of thiophene rings is 2. The zero-order valence-electron chi connectivity index (χ0n) is 22.6. The topological polar surface area (TPSA) is 86.1 Å². The minimum absolute atomic E-state index is 0.151. The fraction of sp³-hybridized carbons (Fsp3) is 0.571. The van der Waals surface area contributed by atoms with E-state index >= 15 is 0 Å². The summed E-state index contributed by atoms with van der Waals surface area (Å²) in [5.41, 5.74) is 4.22. The van der Waals surface area contributed by atoms with E-state index in [1.807, 2.05) is 25.2 Å². The Morgan fingerprint density at radius 3 is 2.79 bits per heavy atom. The molecular formula is C28H36N4O3S3. The Morgan fingerprint density at radius 1 is 1.18 bits per heavy atom. The van der Waals surface area contributed by atoms with E-state index in [0.29, 0.717) is 10.6 Å². The number of aromatic nitrogens is 3. The molecule has 7 nitrogen and oxygen atoms in total. The fourth-order valence-electron chi connectivity index (χ4n) is 5.32. The number of nitrogens with zero attached hydrogens (tertiary/aromatic N) is 3. The van der Waals surface area contributed by atoms with Crippen molar-refractivity contribution in [1.82, 2.24) is 14.8 Å². The van der Waals surface area contributed by atoms with Gasteiger partial charge in [0.2, 0.25) is 5.91 Å². The molecule has 1 atom stereocenters. The number of hydrogen-bond donors (Lipinski definition) is 1. The van der Waals surface area contributed by atoms with E-state index in [1.54, 1.807) is 0 Å². The van der Waals surface area contributed by atoms with E-state index in [4.69, 9.17) is 4.74 Å². The van der Waals surface area contributed by atoms with E-state index in [9.17, 15) is 9.59 Å². The molecule has 0 radical (unpaired) electrons. The molecule has 5 rings (SSSR count). The smallest absolute Gasteiger partial charge is 0.341 e. The predicted molar refractivity (Wildman–Crippen MR) is 156 cm³/mol. The summed E-state index contributed by atoms with van der Waals surface area (Å²) in [5.74, 6) is 1.34. The number of ether oxygens (including phenoxy) is 1. The molecule has 0 aliphatic heterocycles. The second-order valence-corrected chi connectivity index (χ2v) is 13.6. The van der Waals surface area contributed by atoms with E-state index in [1.165, 1.54) is 50.4 Å². The zero-order chi connectivity index (χ0) is 26.8. The molecule has 1 N–H and O–H groups in total. The SMILES string of the molecule is CCCn1c(SCC(=O)Nc2sc3c(c2C(=O)OC(C)C)CCCC3)nnc1-c1csc2c1CCC(C)C2. The van der Waals surface area contributed by atoms with Gasteiger partial charge in [-0.25, -0.2) is 4.79 Å². The van der Waals surface area contributed by atoms with Crippen molar-refractivity contribution in [2.75, 3.05) is 11.1 Å². The van der Waals surface area contributed by atoms with Crippen molar-refractivity contribution < 1.29 is 14.3 Å². The fourth-order valence-corrected chi connectivity index (χ4v) is 8.62. The largest absolute Gasteiger partial charge is 0.459 e. The van der Waals surface area contributed by atoms with E-state index < -0.39 is 0 Å². The normalized spacial score (nSPS) is 16.8. The Hall–Kier alpha value is -2.17. The number of anilines is 1. The third-order valence-electron chi connectivity index (χ3n) is 7.11. The Morgan fingerprint density at radius 2 is 2.00 bits per heavy atom. The quantitative estimate of drug-likeness (QED) is 0.225. The number of fused-ring (bicyclic) bond motifs is 2. The lowest BCUT2D eigenvalue weighted by Gasteiger charge is -2.19. The maximum absolute atomic E-state index is 13.1. The van der Waals surface area contributed by atoms with Crippen LogP contribution in [0.5, 0.6) is 0 Å². The van der Waals surface area contributed by atoms with Crippen molar-refractivity contribution in [2.45, 2.75) is 96.9 Å². The van der Waals surface area contributed by atoms with Gasteiger partial charge in [0.25, 0.3) is 0 Å². The summed E-state index contributed by atoms with van der Waals surface area (Å²) in [6.07, 6.45) is 8.14. The lowest BCUT2D eigenvalue weighted by Crippen LogP contribution is -2.19. The molecule has 1 unspecified atom stereocenters. The Labute approximate surface area is 236 Å². The molecule has 38 heavy (non-hydrogen) atoms. The monoisotopic (exact) mass is 572 g/mol. The molecular weight excluding hydrogens is 537 g/mol. The number of carbonyl (C=O) groups is 2. The van der Waals surface area contributed by atoms with Crippen LogP contribution in [-0.2, 0) is 41.8 Å². The number of carbonyl (C=O) groups excluding carboxylic acids is 2. The second kappa shape index (κ2) is 11.9. The van der Waals surface area contributed by atoms with E-state index in [-0.39, 0.29) is 23.7 Å². The first-order valence-corrected chi connectivity index (χ1v) is 16.3. The van der Waals surface area contributed by atoms with Gasteiger partial charge in [0.15, 0.2) is 11.0 Å². The van der Waals surface area contributed by atoms with Crippen molar-refractivity contribution in [2.24, 2.45) is 5.92 Å². The standard InChI is InChI=1S/C28H36N4O3S3/c1-5-12-32-25(20-14-36-22-13-17(4)10-11-18(20)22)30-31-28(32)37-15-23(33)29-26-24(27(34)35-16(2)3)19-8-6-7-9-21(19)38-26/h14,16-17H,5-13,15H2,1-4H3,(H,29,33). The van der Waals surface area contributed by atoms with Gasteiger partial charge in [-0.1, -0.05) is 25.6 Å². The van der Waals surface area contributed by atoms with Gasteiger partial charge >= 0.3 is 5.97 Å². The molecule has 1 amide bonds. The number of aryl methyl sites for hydroxylation is 1. The number of nitrogens with one attached hydrogen (secondary N) is 1. The van der Waals surface area contributed by atoms with Crippen LogP contribution < -0.4 is 5.32 Å². The van der Waals surface area contributed by atoms with Crippen molar-refractivity contribution in [3.63, 3.8) is 0 Å². The number of esters is 1. The van der Waals surface area contributed by atoms with Crippen LogP contribution in [0.15, 0.2) is 10.5 Å². The van der Waals surface area contributed by atoms with Crippen LogP contribution in [0.4, 0.5) is 5.00 Å². The van der Waals surface area contributed by atoms with Gasteiger partial charge < -0.3 is 14.6 Å². The lowest BCUT2D eigenvalue weighted by molar-refractivity contribution is -0.113. The van der Waals surface area contributed by atoms with Crippen LogP contribution in [0.2, 0.25) is 0 Å². The molecule has 204 valence electrons. The Kier molecular flexibility index (Phi) is 8.59.